The molecule has 0 aromatic heterocycles. The first kappa shape index (κ1) is 17.4. The van der Waals surface area contributed by atoms with Gasteiger partial charge >= 0.3 is 0 Å². The molecule has 5 heteroatoms. The summed E-state index contributed by atoms with van der Waals surface area (Å²) in [7, 11) is 0. The van der Waals surface area contributed by atoms with Crippen LogP contribution >= 0.6 is 0 Å². The van der Waals surface area contributed by atoms with Crippen molar-refractivity contribution in [3.63, 3.8) is 0 Å². The average molecular weight is 339 g/mol. The van der Waals surface area contributed by atoms with Gasteiger partial charge in [-0.1, -0.05) is 32.9 Å². The van der Waals surface area contributed by atoms with Crippen LogP contribution in [0.15, 0.2) is 41.5 Å². The molecule has 0 spiro atoms. The molecule has 3 rings (SSSR count). The number of hydrogen-bond acceptors (Lipinski definition) is 3. The van der Waals surface area contributed by atoms with Crippen LogP contribution in [0.1, 0.15) is 44.0 Å². The molecule has 5 nitrogen and oxygen atoms in total. The predicted octanol–water partition coefficient (Wildman–Crippen LogP) is 3.60. The summed E-state index contributed by atoms with van der Waals surface area (Å²) in [4.78, 5) is 24.1. The lowest BCUT2D eigenvalue weighted by Gasteiger charge is -2.17. The third-order valence-electron chi connectivity index (χ3n) is 4.85. The number of rotatable bonds is 4. The van der Waals surface area contributed by atoms with Crippen LogP contribution in [0.4, 0.5) is 5.69 Å². The maximum atomic E-state index is 12.1. The average Bonchev–Trinajstić information content (AvgIpc) is 3.17. The van der Waals surface area contributed by atoms with Gasteiger partial charge in [0.1, 0.15) is 0 Å². The monoisotopic (exact) mass is 339 g/mol. The fraction of sp³-hybridized carbons (Fsp3) is 0.450. The van der Waals surface area contributed by atoms with Crippen molar-refractivity contribution in [2.75, 3.05) is 5.32 Å². The van der Waals surface area contributed by atoms with Crippen LogP contribution in [0, 0.1) is 23.2 Å². The molecule has 0 radical (unpaired) electrons. The fourth-order valence-electron chi connectivity index (χ4n) is 3.27. The Morgan fingerprint density at radius 3 is 2.40 bits per heavy atom. The van der Waals surface area contributed by atoms with Gasteiger partial charge in [-0.2, -0.15) is 5.10 Å². The lowest BCUT2D eigenvalue weighted by molar-refractivity contribution is -0.123. The molecule has 25 heavy (non-hydrogen) atoms. The van der Waals surface area contributed by atoms with Gasteiger partial charge in [-0.05, 0) is 48.9 Å². The molecule has 0 heterocycles. The van der Waals surface area contributed by atoms with Crippen LogP contribution in [-0.4, -0.2) is 18.0 Å². The highest BCUT2D eigenvalue weighted by Gasteiger charge is 2.34. The number of benzene rings is 1. The SMILES string of the molecule is CC(C)(C)C(=O)Nc1ccc(C(=O)NN=C[C@H]2C[C@H]3C=C[C@H]2C3)cc1. The van der Waals surface area contributed by atoms with E-state index in [4.69, 9.17) is 0 Å². The summed E-state index contributed by atoms with van der Waals surface area (Å²) in [6.45, 7) is 5.57. The standard InChI is InChI=1S/C20H25N3O2/c1-20(2,3)19(25)22-17-8-6-14(7-9-17)18(24)23-21-12-16-11-13-4-5-15(16)10-13/h4-9,12-13,15-16H,10-11H2,1-3H3,(H,22,25)(H,23,24)/t13-,15-,16+/m0/s1. The molecule has 2 bridgehead atoms. The van der Waals surface area contributed by atoms with E-state index in [1.54, 1.807) is 24.3 Å². The molecule has 1 aromatic rings. The molecule has 1 saturated carbocycles. The van der Waals surface area contributed by atoms with Gasteiger partial charge in [-0.15, -0.1) is 0 Å². The van der Waals surface area contributed by atoms with Crippen LogP contribution < -0.4 is 10.7 Å². The van der Waals surface area contributed by atoms with Crippen molar-refractivity contribution in [2.45, 2.75) is 33.6 Å². The van der Waals surface area contributed by atoms with E-state index in [2.05, 4.69) is 28.0 Å². The highest BCUT2D eigenvalue weighted by atomic mass is 16.2. The quantitative estimate of drug-likeness (QED) is 0.500. The third kappa shape index (κ3) is 4.16. The molecule has 1 aromatic carbocycles. The Hall–Kier alpha value is -2.43. The van der Waals surface area contributed by atoms with E-state index >= 15 is 0 Å². The molecule has 132 valence electrons. The van der Waals surface area contributed by atoms with Gasteiger partial charge in [0.25, 0.3) is 5.91 Å². The van der Waals surface area contributed by atoms with Gasteiger partial charge in [0.2, 0.25) is 5.91 Å². The smallest absolute Gasteiger partial charge is 0.271 e. The minimum atomic E-state index is -0.459. The largest absolute Gasteiger partial charge is 0.326 e. The summed E-state index contributed by atoms with van der Waals surface area (Å²) in [5.74, 6) is 1.40. The molecule has 2 N–H and O–H groups in total. The Kier molecular flexibility index (Phi) is 4.75. The third-order valence-corrected chi connectivity index (χ3v) is 4.85. The van der Waals surface area contributed by atoms with E-state index < -0.39 is 5.41 Å². The fourth-order valence-corrected chi connectivity index (χ4v) is 3.27. The molecular formula is C20H25N3O2. The second kappa shape index (κ2) is 6.82. The highest BCUT2D eigenvalue weighted by Crippen LogP contribution is 2.42. The van der Waals surface area contributed by atoms with E-state index in [1.165, 1.54) is 6.42 Å². The Morgan fingerprint density at radius 1 is 1.12 bits per heavy atom. The Labute approximate surface area is 148 Å². The normalized spacial score (nSPS) is 24.7. The molecule has 2 aliphatic carbocycles. The summed E-state index contributed by atoms with van der Waals surface area (Å²) in [5, 5.41) is 6.96. The first-order valence-corrected chi connectivity index (χ1v) is 8.76. The zero-order valence-electron chi connectivity index (χ0n) is 15.0. The van der Waals surface area contributed by atoms with E-state index in [0.717, 1.165) is 6.42 Å². The maximum absolute atomic E-state index is 12.1. The Morgan fingerprint density at radius 2 is 1.84 bits per heavy atom. The number of nitrogens with zero attached hydrogens (tertiary/aromatic N) is 1. The van der Waals surface area contributed by atoms with E-state index in [9.17, 15) is 9.59 Å². The van der Waals surface area contributed by atoms with Gasteiger partial charge < -0.3 is 5.32 Å². The van der Waals surface area contributed by atoms with Gasteiger partial charge in [0.05, 0.1) is 0 Å². The summed E-state index contributed by atoms with van der Waals surface area (Å²) >= 11 is 0. The summed E-state index contributed by atoms with van der Waals surface area (Å²) < 4.78 is 0. The topological polar surface area (TPSA) is 70.6 Å². The molecule has 2 aliphatic rings. The molecule has 3 atom stereocenters. The van der Waals surface area contributed by atoms with Crippen molar-refractivity contribution in [1.29, 1.82) is 0 Å². The first-order chi connectivity index (χ1) is 11.8. The van der Waals surface area contributed by atoms with Crippen molar-refractivity contribution in [2.24, 2.45) is 28.3 Å². The summed E-state index contributed by atoms with van der Waals surface area (Å²) in [6.07, 6.45) is 8.75. The summed E-state index contributed by atoms with van der Waals surface area (Å²) in [6, 6.07) is 6.82. The second-order valence-corrected chi connectivity index (χ2v) is 7.94. The molecule has 0 aliphatic heterocycles. The Bertz CT molecular complexity index is 713. The maximum Gasteiger partial charge on any atom is 0.271 e. The van der Waals surface area contributed by atoms with Gasteiger partial charge in [-0.25, -0.2) is 5.43 Å². The van der Waals surface area contributed by atoms with Crippen molar-refractivity contribution in [3.8, 4) is 0 Å². The van der Waals surface area contributed by atoms with E-state index in [-0.39, 0.29) is 11.8 Å². The lowest BCUT2D eigenvalue weighted by Crippen LogP contribution is -2.27. The van der Waals surface area contributed by atoms with Crippen molar-refractivity contribution in [1.82, 2.24) is 5.43 Å². The molecule has 0 unspecified atom stereocenters. The second-order valence-electron chi connectivity index (χ2n) is 7.94. The zero-order chi connectivity index (χ0) is 18.0. The number of carbonyl (C=O) groups is 2. The number of nitrogens with one attached hydrogen (secondary N) is 2. The van der Waals surface area contributed by atoms with Crippen LogP contribution in [0.3, 0.4) is 0 Å². The van der Waals surface area contributed by atoms with Crippen LogP contribution in [-0.2, 0) is 4.79 Å². The summed E-state index contributed by atoms with van der Waals surface area (Å²) in [5.41, 5.74) is 3.32. The minimum Gasteiger partial charge on any atom is -0.326 e. The van der Waals surface area contributed by atoms with Crippen LogP contribution in [0.2, 0.25) is 0 Å². The number of hydrogen-bond donors (Lipinski definition) is 2. The molecular weight excluding hydrogens is 314 g/mol. The predicted molar refractivity (Wildman–Crippen MR) is 99.3 cm³/mol. The van der Waals surface area contributed by atoms with Gasteiger partial charge in [0, 0.05) is 28.8 Å². The number of carbonyl (C=O) groups excluding carboxylic acids is 2. The molecule has 0 saturated heterocycles. The van der Waals surface area contributed by atoms with E-state index in [0.29, 0.717) is 29.0 Å². The van der Waals surface area contributed by atoms with Crippen molar-refractivity contribution >= 4 is 23.7 Å². The Balaban J connectivity index is 1.52. The van der Waals surface area contributed by atoms with Crippen molar-refractivity contribution < 1.29 is 9.59 Å². The highest BCUT2D eigenvalue weighted by molar-refractivity contribution is 5.97. The number of hydrazone groups is 1. The van der Waals surface area contributed by atoms with Crippen molar-refractivity contribution in [3.05, 3.63) is 42.0 Å². The molecule has 1 fully saturated rings. The number of amides is 2. The number of fused-ring (bicyclic) bond motifs is 2. The first-order valence-electron chi connectivity index (χ1n) is 8.76. The number of allylic oxidation sites excluding steroid dienone is 2. The molecule has 2 amide bonds. The number of anilines is 1. The lowest BCUT2D eigenvalue weighted by atomic mass is 9.95. The van der Waals surface area contributed by atoms with Gasteiger partial charge in [-0.3, -0.25) is 9.59 Å². The van der Waals surface area contributed by atoms with Crippen LogP contribution in [0.5, 0.6) is 0 Å². The minimum absolute atomic E-state index is 0.0609. The van der Waals surface area contributed by atoms with Crippen LogP contribution in [0.25, 0.3) is 0 Å². The zero-order valence-corrected chi connectivity index (χ0v) is 15.0. The van der Waals surface area contributed by atoms with E-state index in [1.807, 2.05) is 27.0 Å². The van der Waals surface area contributed by atoms with Gasteiger partial charge in [0.15, 0.2) is 0 Å².